The van der Waals surface area contributed by atoms with Gasteiger partial charge in [-0.1, -0.05) is 0 Å². The zero-order valence-corrected chi connectivity index (χ0v) is 20.5. The summed E-state index contributed by atoms with van der Waals surface area (Å²) in [4.78, 5) is 7.62. The van der Waals surface area contributed by atoms with E-state index in [0.29, 0.717) is 12.6 Å². The SMILES string of the molecule is COc1c(OCCCN2CCCC2)cc2nc(NC(C)C)c3c(c2c1NC(C)C)CCC3. The Labute approximate surface area is 193 Å². The van der Waals surface area contributed by atoms with Crippen LogP contribution in [-0.2, 0) is 12.8 Å². The van der Waals surface area contributed by atoms with Gasteiger partial charge in [0.05, 0.1) is 24.9 Å². The third-order valence-electron chi connectivity index (χ3n) is 6.40. The lowest BCUT2D eigenvalue weighted by Crippen LogP contribution is -2.22. The summed E-state index contributed by atoms with van der Waals surface area (Å²) in [6, 6.07) is 2.71. The molecule has 2 aromatic rings. The van der Waals surface area contributed by atoms with E-state index in [1.807, 2.05) is 0 Å². The number of nitrogens with one attached hydrogen (secondary N) is 2. The minimum atomic E-state index is 0.281. The molecule has 0 atom stereocenters. The lowest BCUT2D eigenvalue weighted by atomic mass is 10.0. The largest absolute Gasteiger partial charge is 0.491 e. The molecule has 0 radical (unpaired) electrons. The van der Waals surface area contributed by atoms with Gasteiger partial charge in [0.1, 0.15) is 5.82 Å². The second kappa shape index (κ2) is 10.2. The second-order valence-corrected chi connectivity index (χ2v) is 9.80. The first-order valence-electron chi connectivity index (χ1n) is 12.4. The number of hydrogen-bond donors (Lipinski definition) is 2. The van der Waals surface area contributed by atoms with E-state index < -0.39 is 0 Å². The van der Waals surface area contributed by atoms with Crippen molar-refractivity contribution in [3.05, 3.63) is 17.2 Å². The molecular weight excluding hydrogens is 400 g/mol. The van der Waals surface area contributed by atoms with E-state index in [1.54, 1.807) is 7.11 Å². The number of hydrogen-bond acceptors (Lipinski definition) is 6. The van der Waals surface area contributed by atoms with Crippen LogP contribution in [0, 0.1) is 0 Å². The number of methoxy groups -OCH3 is 1. The Morgan fingerprint density at radius 2 is 1.72 bits per heavy atom. The number of rotatable bonds is 10. The molecule has 1 fully saturated rings. The highest BCUT2D eigenvalue weighted by Gasteiger charge is 2.26. The second-order valence-electron chi connectivity index (χ2n) is 9.80. The summed E-state index contributed by atoms with van der Waals surface area (Å²) in [6.45, 7) is 12.9. The van der Waals surface area contributed by atoms with Gasteiger partial charge in [0.15, 0.2) is 11.5 Å². The fourth-order valence-corrected chi connectivity index (χ4v) is 5.09. The first-order chi connectivity index (χ1) is 15.5. The third kappa shape index (κ3) is 4.90. The van der Waals surface area contributed by atoms with Gasteiger partial charge in [-0.15, -0.1) is 0 Å². The Bertz CT molecular complexity index is 936. The van der Waals surface area contributed by atoms with Crippen molar-refractivity contribution in [2.45, 2.75) is 78.3 Å². The Hall–Kier alpha value is -2.21. The van der Waals surface area contributed by atoms with Gasteiger partial charge < -0.3 is 25.0 Å². The van der Waals surface area contributed by atoms with Gasteiger partial charge in [-0.3, -0.25) is 0 Å². The summed E-state index contributed by atoms with van der Waals surface area (Å²) < 4.78 is 12.2. The maximum Gasteiger partial charge on any atom is 0.184 e. The number of fused-ring (bicyclic) bond motifs is 3. The van der Waals surface area contributed by atoms with Crippen LogP contribution in [0.2, 0.25) is 0 Å². The van der Waals surface area contributed by atoms with Crippen molar-refractivity contribution >= 4 is 22.4 Å². The summed E-state index contributed by atoms with van der Waals surface area (Å²) in [5.41, 5.74) is 4.77. The van der Waals surface area contributed by atoms with Crippen molar-refractivity contribution in [3.63, 3.8) is 0 Å². The molecule has 0 bridgehead atoms. The summed E-state index contributed by atoms with van der Waals surface area (Å²) in [7, 11) is 1.74. The van der Waals surface area contributed by atoms with E-state index in [1.165, 1.54) is 48.9 Å². The third-order valence-corrected chi connectivity index (χ3v) is 6.40. The van der Waals surface area contributed by atoms with Gasteiger partial charge >= 0.3 is 0 Å². The molecule has 2 N–H and O–H groups in total. The standard InChI is InChI=1S/C26H40N4O2/c1-17(2)27-24-23-19-10-8-11-20(19)26(28-18(3)4)29-21(23)16-22(25(24)31-5)32-15-9-14-30-12-6-7-13-30/h16-18,27H,6-15H2,1-5H3,(H,28,29). The molecule has 176 valence electrons. The normalized spacial score (nSPS) is 16.2. The number of likely N-dealkylation sites (tertiary alicyclic amines) is 1. The van der Waals surface area contributed by atoms with E-state index in [9.17, 15) is 0 Å². The smallest absolute Gasteiger partial charge is 0.184 e. The Morgan fingerprint density at radius 3 is 2.41 bits per heavy atom. The maximum atomic E-state index is 6.31. The van der Waals surface area contributed by atoms with Crippen LogP contribution in [0.5, 0.6) is 11.5 Å². The predicted octanol–water partition coefficient (Wildman–Crippen LogP) is 5.24. The van der Waals surface area contributed by atoms with E-state index in [4.69, 9.17) is 14.5 Å². The number of benzene rings is 1. The van der Waals surface area contributed by atoms with Crippen LogP contribution in [0.25, 0.3) is 10.9 Å². The molecule has 32 heavy (non-hydrogen) atoms. The first-order valence-corrected chi connectivity index (χ1v) is 12.4. The van der Waals surface area contributed by atoms with E-state index in [0.717, 1.165) is 54.3 Å². The lowest BCUT2D eigenvalue weighted by Gasteiger charge is -2.23. The molecule has 1 saturated heterocycles. The molecule has 0 amide bonds. The molecule has 0 spiro atoms. The molecule has 1 aliphatic heterocycles. The number of aryl methyl sites for hydroxylation is 1. The molecule has 1 aromatic carbocycles. The molecule has 0 saturated carbocycles. The number of aromatic nitrogens is 1. The monoisotopic (exact) mass is 440 g/mol. The Balaban J connectivity index is 1.71. The average Bonchev–Trinajstić information content (AvgIpc) is 3.42. The zero-order valence-electron chi connectivity index (χ0n) is 20.5. The number of ether oxygens (including phenoxy) is 2. The minimum absolute atomic E-state index is 0.281. The lowest BCUT2D eigenvalue weighted by molar-refractivity contribution is 0.255. The molecule has 1 aliphatic carbocycles. The van der Waals surface area contributed by atoms with Crippen LogP contribution in [-0.4, -0.2) is 55.3 Å². The molecule has 2 aliphatic rings. The number of nitrogens with zero attached hydrogens (tertiary/aromatic N) is 2. The van der Waals surface area contributed by atoms with Crippen molar-refractivity contribution < 1.29 is 9.47 Å². The number of pyridine rings is 1. The van der Waals surface area contributed by atoms with E-state index in [-0.39, 0.29) is 6.04 Å². The van der Waals surface area contributed by atoms with Gasteiger partial charge in [0.25, 0.3) is 0 Å². The molecule has 4 rings (SSSR count). The van der Waals surface area contributed by atoms with Crippen LogP contribution < -0.4 is 20.1 Å². The van der Waals surface area contributed by atoms with Crippen molar-refractivity contribution in [3.8, 4) is 11.5 Å². The highest BCUT2D eigenvalue weighted by atomic mass is 16.5. The van der Waals surface area contributed by atoms with Crippen molar-refractivity contribution in [1.29, 1.82) is 0 Å². The quantitative estimate of drug-likeness (QED) is 0.493. The average molecular weight is 441 g/mol. The number of anilines is 2. The molecular formula is C26H40N4O2. The van der Waals surface area contributed by atoms with Crippen LogP contribution in [0.3, 0.4) is 0 Å². The van der Waals surface area contributed by atoms with Gasteiger partial charge in [0, 0.05) is 30.1 Å². The van der Waals surface area contributed by atoms with E-state index >= 15 is 0 Å². The summed E-state index contributed by atoms with van der Waals surface area (Å²) in [5.74, 6) is 2.61. The van der Waals surface area contributed by atoms with Crippen molar-refractivity contribution in [2.24, 2.45) is 0 Å². The van der Waals surface area contributed by atoms with Crippen molar-refractivity contribution in [1.82, 2.24) is 9.88 Å². The highest BCUT2D eigenvalue weighted by Crippen LogP contribution is 2.46. The van der Waals surface area contributed by atoms with Gasteiger partial charge in [-0.25, -0.2) is 4.98 Å². The molecule has 6 nitrogen and oxygen atoms in total. The summed E-state index contributed by atoms with van der Waals surface area (Å²) >= 11 is 0. The molecule has 2 heterocycles. The van der Waals surface area contributed by atoms with Crippen LogP contribution in [0.4, 0.5) is 11.5 Å². The van der Waals surface area contributed by atoms with Crippen LogP contribution in [0.1, 0.15) is 64.5 Å². The van der Waals surface area contributed by atoms with Crippen LogP contribution in [0.15, 0.2) is 6.07 Å². The molecule has 0 unspecified atom stereocenters. The van der Waals surface area contributed by atoms with Gasteiger partial charge in [0.2, 0.25) is 0 Å². The Morgan fingerprint density at radius 1 is 1.00 bits per heavy atom. The topological polar surface area (TPSA) is 58.7 Å². The maximum absolute atomic E-state index is 6.31. The summed E-state index contributed by atoms with van der Waals surface area (Å²) in [5, 5.41) is 8.44. The predicted molar refractivity (Wildman–Crippen MR) is 134 cm³/mol. The van der Waals surface area contributed by atoms with Crippen LogP contribution >= 0.6 is 0 Å². The minimum Gasteiger partial charge on any atom is -0.491 e. The van der Waals surface area contributed by atoms with Gasteiger partial charge in [-0.05, 0) is 90.4 Å². The molecule has 1 aromatic heterocycles. The fraction of sp³-hybridized carbons (Fsp3) is 0.654. The fourth-order valence-electron chi connectivity index (χ4n) is 5.09. The highest BCUT2D eigenvalue weighted by molar-refractivity contribution is 6.01. The van der Waals surface area contributed by atoms with E-state index in [2.05, 4.69) is 49.3 Å². The van der Waals surface area contributed by atoms with Gasteiger partial charge in [-0.2, -0.15) is 0 Å². The molecule has 6 heteroatoms. The van der Waals surface area contributed by atoms with Crippen molar-refractivity contribution in [2.75, 3.05) is 44.0 Å². The first kappa shape index (κ1) is 23.0. The summed E-state index contributed by atoms with van der Waals surface area (Å²) in [6.07, 6.45) is 6.99. The Kier molecular flexibility index (Phi) is 7.29. The zero-order chi connectivity index (χ0) is 22.7.